The van der Waals surface area contributed by atoms with Crippen LogP contribution in [0.4, 0.5) is 4.79 Å². The molecule has 2 aliphatic rings. The van der Waals surface area contributed by atoms with Crippen LogP contribution in [0.15, 0.2) is 61.2 Å². The number of nitrogens with one attached hydrogen (secondary N) is 1. The van der Waals surface area contributed by atoms with E-state index in [0.717, 1.165) is 0 Å². The molecule has 2 aliphatic carbocycles. The molecule has 1 fully saturated rings. The Morgan fingerprint density at radius 2 is 1.59 bits per heavy atom. The summed E-state index contributed by atoms with van der Waals surface area (Å²) in [4.78, 5) is 37.6. The summed E-state index contributed by atoms with van der Waals surface area (Å²) in [6, 6.07) is 16.3. The van der Waals surface area contributed by atoms with Crippen molar-refractivity contribution in [3.63, 3.8) is 0 Å². The van der Waals surface area contributed by atoms with Gasteiger partial charge >= 0.3 is 12.1 Å². The molecule has 0 bridgehead atoms. The normalized spacial score (nSPS) is 18.9. The Bertz CT molecular complexity index is 1030. The molecule has 2 aromatic carbocycles. The quantitative estimate of drug-likeness (QED) is 0.574. The molecule has 2 amide bonds. The van der Waals surface area contributed by atoms with Crippen LogP contribution in [0, 0.1) is 5.92 Å². The summed E-state index contributed by atoms with van der Waals surface area (Å²) < 4.78 is 5.63. The van der Waals surface area contributed by atoms with Gasteiger partial charge in [-0.15, -0.1) is 6.58 Å². The van der Waals surface area contributed by atoms with Crippen LogP contribution < -0.4 is 5.32 Å². The van der Waals surface area contributed by atoms with Crippen molar-refractivity contribution in [2.24, 2.45) is 5.92 Å². The summed E-state index contributed by atoms with van der Waals surface area (Å²) in [5.74, 6) is -1.43. The number of carboxylic acid groups (broad SMARTS) is 1. The van der Waals surface area contributed by atoms with Gasteiger partial charge in [-0.1, -0.05) is 54.6 Å². The summed E-state index contributed by atoms with van der Waals surface area (Å²) in [5.41, 5.74) is 4.70. The Kier molecular flexibility index (Phi) is 7.30. The first kappa shape index (κ1) is 23.5. The zero-order valence-corrected chi connectivity index (χ0v) is 19.1. The molecule has 7 heteroatoms. The average molecular weight is 463 g/mol. The number of ether oxygens (including phenoxy) is 1. The van der Waals surface area contributed by atoms with E-state index in [1.54, 1.807) is 0 Å². The molecular weight excluding hydrogens is 432 g/mol. The molecule has 178 valence electrons. The molecule has 7 nitrogen and oxygen atoms in total. The van der Waals surface area contributed by atoms with Crippen LogP contribution in [-0.2, 0) is 14.3 Å². The minimum atomic E-state index is -1.04. The minimum absolute atomic E-state index is 0.0107. The number of hydrogen-bond donors (Lipinski definition) is 2. The van der Waals surface area contributed by atoms with E-state index in [1.807, 2.05) is 24.3 Å². The maximum absolute atomic E-state index is 12.7. The topological polar surface area (TPSA) is 95.9 Å². The summed E-state index contributed by atoms with van der Waals surface area (Å²) in [6.45, 7) is 3.75. The monoisotopic (exact) mass is 462 g/mol. The van der Waals surface area contributed by atoms with Crippen LogP contribution in [0.1, 0.15) is 42.7 Å². The van der Waals surface area contributed by atoms with Gasteiger partial charge in [0, 0.05) is 24.4 Å². The molecule has 2 N–H and O–H groups in total. The van der Waals surface area contributed by atoms with E-state index in [-0.39, 0.29) is 43.5 Å². The van der Waals surface area contributed by atoms with E-state index in [0.29, 0.717) is 25.7 Å². The van der Waals surface area contributed by atoms with Crippen molar-refractivity contribution < 1.29 is 24.2 Å². The van der Waals surface area contributed by atoms with Crippen LogP contribution in [-0.4, -0.2) is 53.7 Å². The first-order valence-electron chi connectivity index (χ1n) is 11.7. The van der Waals surface area contributed by atoms with Crippen LogP contribution in [0.3, 0.4) is 0 Å². The Hall–Kier alpha value is -3.61. The number of alkyl carbamates (subject to hydrolysis) is 1. The molecule has 4 rings (SSSR count). The van der Waals surface area contributed by atoms with Crippen molar-refractivity contribution in [3.8, 4) is 11.1 Å². The van der Waals surface area contributed by atoms with Gasteiger partial charge in [0.15, 0.2) is 0 Å². The predicted octanol–water partition coefficient (Wildman–Crippen LogP) is 4.18. The molecule has 0 heterocycles. The summed E-state index contributed by atoms with van der Waals surface area (Å²) in [7, 11) is 0. The fourth-order valence-electron chi connectivity index (χ4n) is 5.10. The van der Waals surface area contributed by atoms with E-state index in [1.165, 1.54) is 33.2 Å². The van der Waals surface area contributed by atoms with Gasteiger partial charge in [-0.3, -0.25) is 9.59 Å². The highest BCUT2D eigenvalue weighted by Crippen LogP contribution is 2.44. The first-order chi connectivity index (χ1) is 16.5. The minimum Gasteiger partial charge on any atom is -0.480 e. The van der Waals surface area contributed by atoms with E-state index in [9.17, 15) is 14.4 Å². The van der Waals surface area contributed by atoms with E-state index in [2.05, 4.69) is 36.2 Å². The first-order valence-corrected chi connectivity index (χ1v) is 11.7. The van der Waals surface area contributed by atoms with Gasteiger partial charge in [0.25, 0.3) is 0 Å². The van der Waals surface area contributed by atoms with Gasteiger partial charge in [0.2, 0.25) is 5.91 Å². The molecule has 0 unspecified atom stereocenters. The van der Waals surface area contributed by atoms with E-state index in [4.69, 9.17) is 9.84 Å². The van der Waals surface area contributed by atoms with Crippen LogP contribution in [0.2, 0.25) is 0 Å². The molecule has 0 aromatic heterocycles. The molecule has 0 spiro atoms. The highest BCUT2D eigenvalue weighted by atomic mass is 16.5. The molecule has 0 atom stereocenters. The molecule has 0 radical (unpaired) electrons. The van der Waals surface area contributed by atoms with Crippen molar-refractivity contribution in [2.45, 2.75) is 37.6 Å². The number of carbonyl (C=O) groups excluding carboxylic acids is 2. The third-order valence-electron chi connectivity index (χ3n) is 6.73. The predicted molar refractivity (Wildman–Crippen MR) is 128 cm³/mol. The van der Waals surface area contributed by atoms with Gasteiger partial charge in [0.05, 0.1) is 0 Å². The number of benzene rings is 2. The lowest BCUT2D eigenvalue weighted by atomic mass is 9.85. The standard InChI is InChI=1S/C27H30N2O5/c1-2-15-29(16-25(30)31)26(32)18-11-13-19(14-12-18)28-27(33)34-17-24-22-9-5-3-7-20(22)21-8-4-6-10-23(21)24/h2-10,18-19,24H,1,11-17H2,(H,28,33)(H,30,31). The number of rotatable bonds is 8. The Morgan fingerprint density at radius 3 is 2.15 bits per heavy atom. The van der Waals surface area contributed by atoms with E-state index < -0.39 is 12.1 Å². The lowest BCUT2D eigenvalue weighted by molar-refractivity contribution is -0.146. The van der Waals surface area contributed by atoms with Gasteiger partial charge < -0.3 is 20.1 Å². The number of nitrogens with zero attached hydrogens (tertiary/aromatic N) is 1. The summed E-state index contributed by atoms with van der Waals surface area (Å²) >= 11 is 0. The zero-order valence-electron chi connectivity index (χ0n) is 19.1. The number of amides is 2. The molecule has 0 saturated heterocycles. The molecule has 0 aliphatic heterocycles. The number of hydrogen-bond acceptors (Lipinski definition) is 4. The third-order valence-corrected chi connectivity index (χ3v) is 6.73. The molecule has 2 aromatic rings. The Morgan fingerprint density at radius 1 is 1.00 bits per heavy atom. The second-order valence-electron chi connectivity index (χ2n) is 8.92. The largest absolute Gasteiger partial charge is 0.480 e. The lowest BCUT2D eigenvalue weighted by Gasteiger charge is -2.31. The molecular formula is C27H30N2O5. The van der Waals surface area contributed by atoms with Crippen molar-refractivity contribution in [2.75, 3.05) is 19.7 Å². The number of fused-ring (bicyclic) bond motifs is 3. The maximum Gasteiger partial charge on any atom is 0.407 e. The van der Waals surface area contributed by atoms with Gasteiger partial charge in [-0.05, 0) is 47.9 Å². The van der Waals surface area contributed by atoms with Gasteiger partial charge in [0.1, 0.15) is 13.2 Å². The highest BCUT2D eigenvalue weighted by Gasteiger charge is 2.32. The van der Waals surface area contributed by atoms with Gasteiger partial charge in [-0.25, -0.2) is 4.79 Å². The molecule has 1 saturated carbocycles. The van der Waals surface area contributed by atoms with Crippen LogP contribution >= 0.6 is 0 Å². The number of carbonyl (C=O) groups is 3. The SMILES string of the molecule is C=CCN(CC(=O)O)C(=O)C1CCC(NC(=O)OCC2c3ccccc3-c3ccccc32)CC1. The van der Waals surface area contributed by atoms with Gasteiger partial charge in [-0.2, -0.15) is 0 Å². The zero-order chi connectivity index (χ0) is 24.1. The van der Waals surface area contributed by atoms with Crippen LogP contribution in [0.25, 0.3) is 11.1 Å². The fourth-order valence-corrected chi connectivity index (χ4v) is 5.10. The third kappa shape index (κ3) is 5.14. The Balaban J connectivity index is 1.28. The second kappa shape index (κ2) is 10.5. The van der Waals surface area contributed by atoms with Crippen molar-refractivity contribution >= 4 is 18.0 Å². The van der Waals surface area contributed by atoms with Crippen molar-refractivity contribution in [3.05, 3.63) is 72.3 Å². The fraction of sp³-hybridized carbons (Fsp3) is 0.370. The second-order valence-corrected chi connectivity index (χ2v) is 8.92. The lowest BCUT2D eigenvalue weighted by Crippen LogP contribution is -2.44. The average Bonchev–Trinajstić information content (AvgIpc) is 3.16. The highest BCUT2D eigenvalue weighted by molar-refractivity contribution is 5.83. The Labute approximate surface area is 199 Å². The smallest absolute Gasteiger partial charge is 0.407 e. The molecule has 34 heavy (non-hydrogen) atoms. The van der Waals surface area contributed by atoms with Crippen LogP contribution in [0.5, 0.6) is 0 Å². The van der Waals surface area contributed by atoms with Crippen molar-refractivity contribution in [1.29, 1.82) is 0 Å². The van der Waals surface area contributed by atoms with Crippen molar-refractivity contribution in [1.82, 2.24) is 10.2 Å². The maximum atomic E-state index is 12.7. The summed E-state index contributed by atoms with van der Waals surface area (Å²) in [5, 5.41) is 12.0. The number of carboxylic acids is 1. The number of aliphatic carboxylic acids is 1. The summed E-state index contributed by atoms with van der Waals surface area (Å²) in [6.07, 6.45) is 3.58. The van der Waals surface area contributed by atoms with E-state index >= 15 is 0 Å².